The van der Waals surface area contributed by atoms with Crippen molar-refractivity contribution in [2.24, 2.45) is 11.8 Å². The molecule has 0 spiro atoms. The maximum Gasteiger partial charge on any atom is 0.490 e. The van der Waals surface area contributed by atoms with Crippen molar-refractivity contribution >= 4 is 29.5 Å². The minimum Gasteiger partial charge on any atom is -0.475 e. The summed E-state index contributed by atoms with van der Waals surface area (Å²) in [5.41, 5.74) is 0.561. The summed E-state index contributed by atoms with van der Waals surface area (Å²) < 4.78 is 37.6. The van der Waals surface area contributed by atoms with Gasteiger partial charge in [-0.25, -0.2) is 4.79 Å². The molecule has 3 heterocycles. The van der Waals surface area contributed by atoms with Gasteiger partial charge >= 0.3 is 12.1 Å². The van der Waals surface area contributed by atoms with Gasteiger partial charge in [-0.3, -0.25) is 14.6 Å². The Hall–Kier alpha value is -2.34. The number of thioether (sulfide) groups is 1. The number of carbonyl (C=O) groups is 3. The Morgan fingerprint density at radius 3 is 2.63 bits per heavy atom. The van der Waals surface area contributed by atoms with E-state index in [0.29, 0.717) is 36.9 Å². The molecule has 0 bridgehead atoms. The van der Waals surface area contributed by atoms with Crippen molar-refractivity contribution in [1.82, 2.24) is 15.2 Å². The van der Waals surface area contributed by atoms with E-state index >= 15 is 0 Å². The Bertz CT molecular complexity index is 750. The maximum atomic E-state index is 12.1. The van der Waals surface area contributed by atoms with Crippen LogP contribution in [0.25, 0.3) is 0 Å². The number of carbonyl (C=O) groups excluding carboxylic acids is 2. The summed E-state index contributed by atoms with van der Waals surface area (Å²) in [6.07, 6.45) is 0.162. The highest BCUT2D eigenvalue weighted by Crippen LogP contribution is 2.33. The zero-order chi connectivity index (χ0) is 22.3. The first-order valence-corrected chi connectivity index (χ1v) is 10.4. The van der Waals surface area contributed by atoms with Crippen molar-refractivity contribution in [2.75, 3.05) is 38.2 Å². The van der Waals surface area contributed by atoms with Gasteiger partial charge in [-0.1, -0.05) is 0 Å². The van der Waals surface area contributed by atoms with E-state index in [1.165, 1.54) is 0 Å². The van der Waals surface area contributed by atoms with Crippen molar-refractivity contribution in [1.29, 1.82) is 0 Å². The molecule has 0 saturated carbocycles. The van der Waals surface area contributed by atoms with Crippen LogP contribution in [0.2, 0.25) is 0 Å². The number of amides is 2. The van der Waals surface area contributed by atoms with Crippen LogP contribution in [-0.4, -0.2) is 83.3 Å². The minimum atomic E-state index is -5.08. The van der Waals surface area contributed by atoms with Gasteiger partial charge in [-0.15, -0.1) is 0 Å². The Labute approximate surface area is 175 Å². The summed E-state index contributed by atoms with van der Waals surface area (Å²) >= 11 is 1.54. The molecule has 2 fully saturated rings. The molecule has 2 aliphatic rings. The molecule has 3 rings (SSSR count). The van der Waals surface area contributed by atoms with E-state index in [4.69, 9.17) is 14.6 Å². The molecule has 0 aliphatic carbocycles. The Kier molecular flexibility index (Phi) is 8.47. The highest BCUT2D eigenvalue weighted by Gasteiger charge is 2.45. The quantitative estimate of drug-likeness (QED) is 0.697. The summed E-state index contributed by atoms with van der Waals surface area (Å²) in [6.45, 7) is 2.63. The lowest BCUT2D eigenvalue weighted by molar-refractivity contribution is -0.192. The van der Waals surface area contributed by atoms with Crippen molar-refractivity contribution in [3.8, 4) is 0 Å². The average molecular weight is 449 g/mol. The van der Waals surface area contributed by atoms with Crippen LogP contribution in [0.15, 0.2) is 24.5 Å². The Balaban J connectivity index is 0.000000396. The van der Waals surface area contributed by atoms with Gasteiger partial charge in [0.05, 0.1) is 24.0 Å². The number of nitrogens with one attached hydrogen (secondary N) is 1. The number of aliphatic carboxylic acids is 1. The third-order valence-corrected chi connectivity index (χ3v) is 5.29. The van der Waals surface area contributed by atoms with Gasteiger partial charge in [0, 0.05) is 43.9 Å². The van der Waals surface area contributed by atoms with Crippen LogP contribution >= 0.6 is 11.8 Å². The molecule has 2 aliphatic heterocycles. The molecule has 2 saturated heterocycles. The second-order valence-corrected chi connectivity index (χ2v) is 7.65. The van der Waals surface area contributed by atoms with Crippen LogP contribution in [-0.2, 0) is 14.3 Å². The topological polar surface area (TPSA) is 109 Å². The second kappa shape index (κ2) is 10.6. The SMILES string of the molecule is CSCC(=O)N1C[C@@H]2[C@@H](CNC(=O)c3cccnc3)CO[C@@H]2C1.O=C(O)C(F)(F)F. The molecule has 0 radical (unpaired) electrons. The second-order valence-electron chi connectivity index (χ2n) is 6.78. The molecule has 30 heavy (non-hydrogen) atoms. The van der Waals surface area contributed by atoms with Crippen LogP contribution < -0.4 is 5.32 Å². The van der Waals surface area contributed by atoms with Crippen LogP contribution in [0.3, 0.4) is 0 Å². The summed E-state index contributed by atoms with van der Waals surface area (Å²) in [5.74, 6) is -1.61. The number of hydrogen-bond acceptors (Lipinski definition) is 6. The van der Waals surface area contributed by atoms with Gasteiger partial charge in [0.15, 0.2) is 0 Å². The molecule has 0 unspecified atom stereocenters. The molecule has 12 heteroatoms. The summed E-state index contributed by atoms with van der Waals surface area (Å²) in [6, 6.07) is 3.49. The van der Waals surface area contributed by atoms with Crippen molar-refractivity contribution in [2.45, 2.75) is 12.3 Å². The Morgan fingerprint density at radius 1 is 1.37 bits per heavy atom. The van der Waals surface area contributed by atoms with Crippen LogP contribution in [0.4, 0.5) is 13.2 Å². The highest BCUT2D eigenvalue weighted by atomic mass is 32.2. The number of rotatable bonds is 5. The molecule has 2 amide bonds. The molecule has 1 aromatic rings. The first-order valence-electron chi connectivity index (χ1n) is 9.00. The molecule has 0 aromatic carbocycles. The number of halogens is 3. The van der Waals surface area contributed by atoms with Gasteiger partial charge in [-0.05, 0) is 18.4 Å². The standard InChI is InChI=1S/C16H21N3O3S.C2HF3O2/c1-23-10-15(20)19-7-13-12(9-22-14(13)8-19)6-18-16(21)11-3-2-4-17-5-11;3-2(4,5)1(6)7/h2-5,12-14H,6-10H2,1H3,(H,18,21);(H,6,7)/t12-,13+,14+;/m0./s1. The monoisotopic (exact) mass is 449 g/mol. The van der Waals surface area contributed by atoms with Crippen LogP contribution in [0, 0.1) is 11.8 Å². The lowest BCUT2D eigenvalue weighted by atomic mass is 9.93. The largest absolute Gasteiger partial charge is 0.490 e. The number of carboxylic acids is 1. The van der Waals surface area contributed by atoms with Gasteiger partial charge in [0.25, 0.3) is 5.91 Å². The number of likely N-dealkylation sites (tertiary alicyclic amines) is 1. The number of hydrogen-bond donors (Lipinski definition) is 2. The fraction of sp³-hybridized carbons (Fsp3) is 0.556. The zero-order valence-corrected chi connectivity index (χ0v) is 16.9. The smallest absolute Gasteiger partial charge is 0.475 e. The number of carboxylic acid groups (broad SMARTS) is 1. The van der Waals surface area contributed by atoms with Crippen LogP contribution in [0.5, 0.6) is 0 Å². The first-order chi connectivity index (χ1) is 14.1. The molecule has 1 aromatic heterocycles. The summed E-state index contributed by atoms with van der Waals surface area (Å²) in [4.78, 5) is 38.8. The minimum absolute atomic E-state index is 0.112. The van der Waals surface area contributed by atoms with Crippen molar-refractivity contribution in [3.05, 3.63) is 30.1 Å². The number of pyridine rings is 1. The number of nitrogens with zero attached hydrogens (tertiary/aromatic N) is 2. The predicted molar refractivity (Wildman–Crippen MR) is 102 cm³/mol. The molecule has 166 valence electrons. The first kappa shape index (κ1) is 23.9. The average Bonchev–Trinajstić information content (AvgIpc) is 3.28. The summed E-state index contributed by atoms with van der Waals surface area (Å²) in [7, 11) is 0. The van der Waals surface area contributed by atoms with E-state index < -0.39 is 12.1 Å². The predicted octanol–water partition coefficient (Wildman–Crippen LogP) is 1.28. The molecule has 3 atom stereocenters. The van der Waals surface area contributed by atoms with Crippen LogP contribution in [0.1, 0.15) is 10.4 Å². The number of aromatic nitrogens is 1. The van der Waals surface area contributed by atoms with E-state index in [1.807, 2.05) is 11.2 Å². The fourth-order valence-corrected chi connectivity index (χ4v) is 3.68. The number of alkyl halides is 3. The maximum absolute atomic E-state index is 12.1. The third-order valence-electron chi connectivity index (χ3n) is 4.75. The number of ether oxygens (including phenoxy) is 1. The van der Waals surface area contributed by atoms with Crippen molar-refractivity contribution < 1.29 is 37.4 Å². The normalized spacial score (nSPS) is 22.7. The lowest BCUT2D eigenvalue weighted by Gasteiger charge is -2.20. The molecule has 8 nitrogen and oxygen atoms in total. The molecular weight excluding hydrogens is 427 g/mol. The zero-order valence-electron chi connectivity index (χ0n) is 16.1. The third kappa shape index (κ3) is 6.59. The van der Waals surface area contributed by atoms with E-state index in [2.05, 4.69) is 10.3 Å². The van der Waals surface area contributed by atoms with E-state index in [9.17, 15) is 22.8 Å². The van der Waals surface area contributed by atoms with E-state index in [-0.39, 0.29) is 23.8 Å². The van der Waals surface area contributed by atoms with Gasteiger partial charge in [-0.2, -0.15) is 24.9 Å². The van der Waals surface area contributed by atoms with E-state index in [1.54, 1.807) is 36.3 Å². The number of fused-ring (bicyclic) bond motifs is 1. The Morgan fingerprint density at radius 2 is 2.07 bits per heavy atom. The van der Waals surface area contributed by atoms with E-state index in [0.717, 1.165) is 6.54 Å². The molecular formula is C18H22F3N3O5S. The fourth-order valence-electron chi connectivity index (χ4n) is 3.25. The lowest BCUT2D eigenvalue weighted by Crippen LogP contribution is -2.35. The van der Waals surface area contributed by atoms with Gasteiger partial charge in [0.1, 0.15) is 0 Å². The molecule has 2 N–H and O–H groups in total. The van der Waals surface area contributed by atoms with Gasteiger partial charge < -0.3 is 20.1 Å². The summed E-state index contributed by atoms with van der Waals surface area (Å²) in [5, 5.41) is 10.1. The highest BCUT2D eigenvalue weighted by molar-refractivity contribution is 7.99. The van der Waals surface area contributed by atoms with Gasteiger partial charge in [0.2, 0.25) is 5.91 Å². The van der Waals surface area contributed by atoms with Crippen molar-refractivity contribution in [3.63, 3.8) is 0 Å².